The summed E-state index contributed by atoms with van der Waals surface area (Å²) in [5, 5.41) is 0.795. The van der Waals surface area contributed by atoms with Crippen LogP contribution in [0.3, 0.4) is 0 Å². The number of imidazole rings is 1. The molecule has 0 atom stereocenters. The molecule has 0 fully saturated rings. The van der Waals surface area contributed by atoms with E-state index in [1.54, 1.807) is 0 Å². The molecule has 0 radical (unpaired) electrons. The molecule has 0 amide bonds. The van der Waals surface area contributed by atoms with Gasteiger partial charge in [0.25, 0.3) is 0 Å². The molecule has 0 saturated carbocycles. The van der Waals surface area contributed by atoms with E-state index in [0.717, 1.165) is 44.6 Å². The minimum atomic E-state index is 0.233. The Morgan fingerprint density at radius 2 is 1.90 bits per heavy atom. The van der Waals surface area contributed by atoms with E-state index in [-0.39, 0.29) is 6.79 Å². The van der Waals surface area contributed by atoms with Gasteiger partial charge in [-0.15, -0.1) is 0 Å². The topological polar surface area (TPSA) is 88.1 Å². The number of nitrogens with two attached hydrogens (primary N) is 1. The van der Waals surface area contributed by atoms with Crippen molar-refractivity contribution in [1.29, 1.82) is 0 Å². The number of ether oxygens (including phenoxy) is 2. The van der Waals surface area contributed by atoms with E-state index in [2.05, 4.69) is 61.7 Å². The zero-order valence-electron chi connectivity index (χ0n) is 16.1. The van der Waals surface area contributed by atoms with Crippen LogP contribution in [-0.4, -0.2) is 26.3 Å². The van der Waals surface area contributed by atoms with E-state index in [1.807, 2.05) is 12.1 Å². The van der Waals surface area contributed by atoms with Crippen LogP contribution in [0.5, 0.6) is 11.5 Å². The molecule has 1 aliphatic rings. The molecule has 0 aliphatic carbocycles. The quantitative estimate of drug-likeness (QED) is 0.443. The number of hydrogen-bond acceptors (Lipinski definition) is 7. The molecule has 0 unspecified atom stereocenters. The monoisotopic (exact) mass is 483 g/mol. The average molecular weight is 484 g/mol. The van der Waals surface area contributed by atoms with Gasteiger partial charge in [-0.05, 0) is 47.0 Å². The Balaban J connectivity index is 1.52. The highest BCUT2D eigenvalue weighted by atomic mass is 79.9. The van der Waals surface area contributed by atoms with Crippen LogP contribution in [0, 0.1) is 6.92 Å². The van der Waals surface area contributed by atoms with Crippen molar-refractivity contribution in [3.8, 4) is 11.5 Å². The van der Waals surface area contributed by atoms with Crippen LogP contribution >= 0.6 is 27.7 Å². The average Bonchev–Trinajstić information content (AvgIpc) is 3.33. The van der Waals surface area contributed by atoms with Crippen molar-refractivity contribution in [2.75, 3.05) is 12.5 Å². The SMILES string of the molecule is Cc1ccc(CCn2c(Sc3cc4c(cc3Br)OCO4)nc3c(N)ncnc32)cc1. The van der Waals surface area contributed by atoms with Crippen LogP contribution in [0.25, 0.3) is 11.2 Å². The van der Waals surface area contributed by atoms with E-state index >= 15 is 0 Å². The van der Waals surface area contributed by atoms with Gasteiger partial charge in [0, 0.05) is 15.9 Å². The van der Waals surface area contributed by atoms with Crippen LogP contribution in [0.1, 0.15) is 11.1 Å². The molecule has 0 saturated heterocycles. The maximum Gasteiger partial charge on any atom is 0.231 e. The summed E-state index contributed by atoms with van der Waals surface area (Å²) in [4.78, 5) is 14.3. The van der Waals surface area contributed by atoms with Crippen molar-refractivity contribution in [3.05, 3.63) is 58.3 Å². The van der Waals surface area contributed by atoms with Crippen molar-refractivity contribution in [2.45, 2.75) is 29.9 Å². The number of anilines is 1. The summed E-state index contributed by atoms with van der Waals surface area (Å²) >= 11 is 5.15. The highest BCUT2D eigenvalue weighted by Crippen LogP contribution is 2.43. The van der Waals surface area contributed by atoms with E-state index in [1.165, 1.54) is 29.2 Å². The number of nitrogen functional groups attached to an aromatic ring is 1. The molecular weight excluding hydrogens is 466 g/mol. The van der Waals surface area contributed by atoms with Crippen molar-refractivity contribution < 1.29 is 9.47 Å². The van der Waals surface area contributed by atoms with Crippen molar-refractivity contribution >= 4 is 44.7 Å². The highest BCUT2D eigenvalue weighted by molar-refractivity contribution is 9.10. The molecule has 30 heavy (non-hydrogen) atoms. The van der Waals surface area contributed by atoms with Crippen LogP contribution in [0.4, 0.5) is 5.82 Å². The Bertz CT molecular complexity index is 1240. The largest absolute Gasteiger partial charge is 0.454 e. The predicted molar refractivity (Wildman–Crippen MR) is 119 cm³/mol. The maximum atomic E-state index is 6.08. The van der Waals surface area contributed by atoms with Crippen molar-refractivity contribution in [2.24, 2.45) is 0 Å². The third-order valence-corrected chi connectivity index (χ3v) is 6.87. The first-order valence-electron chi connectivity index (χ1n) is 9.38. The van der Waals surface area contributed by atoms with Gasteiger partial charge >= 0.3 is 0 Å². The Morgan fingerprint density at radius 1 is 1.13 bits per heavy atom. The van der Waals surface area contributed by atoms with Crippen molar-refractivity contribution in [1.82, 2.24) is 19.5 Å². The van der Waals surface area contributed by atoms with Crippen LogP contribution in [0.15, 0.2) is 57.3 Å². The summed E-state index contributed by atoms with van der Waals surface area (Å²) in [6, 6.07) is 12.4. The normalized spacial score (nSPS) is 12.6. The number of fused-ring (bicyclic) bond motifs is 2. The van der Waals surface area contributed by atoms with E-state index in [0.29, 0.717) is 11.3 Å². The molecule has 9 heteroatoms. The first kappa shape index (κ1) is 19.2. The van der Waals surface area contributed by atoms with Gasteiger partial charge in [-0.25, -0.2) is 15.0 Å². The smallest absolute Gasteiger partial charge is 0.231 e. The minimum absolute atomic E-state index is 0.233. The molecule has 152 valence electrons. The number of hydrogen-bond donors (Lipinski definition) is 1. The summed E-state index contributed by atoms with van der Waals surface area (Å²) in [6.45, 7) is 3.04. The van der Waals surface area contributed by atoms with Gasteiger partial charge in [-0.3, -0.25) is 0 Å². The third-order valence-electron chi connectivity index (χ3n) is 4.90. The number of aromatic nitrogens is 4. The number of nitrogens with zero attached hydrogens (tertiary/aromatic N) is 4. The first-order chi connectivity index (χ1) is 14.6. The maximum absolute atomic E-state index is 6.08. The fourth-order valence-electron chi connectivity index (χ4n) is 3.28. The van der Waals surface area contributed by atoms with Gasteiger partial charge in [-0.1, -0.05) is 41.6 Å². The van der Waals surface area contributed by atoms with E-state index < -0.39 is 0 Å². The summed E-state index contributed by atoms with van der Waals surface area (Å²) in [7, 11) is 0. The number of aryl methyl sites for hydroxylation is 3. The number of halogens is 1. The lowest BCUT2D eigenvalue weighted by Gasteiger charge is -2.10. The minimum Gasteiger partial charge on any atom is -0.454 e. The number of rotatable bonds is 5. The highest BCUT2D eigenvalue weighted by Gasteiger charge is 2.20. The van der Waals surface area contributed by atoms with Gasteiger partial charge < -0.3 is 19.8 Å². The summed E-state index contributed by atoms with van der Waals surface area (Å²) < 4.78 is 14.0. The Labute approximate surface area is 185 Å². The van der Waals surface area contributed by atoms with Crippen LogP contribution < -0.4 is 15.2 Å². The lowest BCUT2D eigenvalue weighted by molar-refractivity contribution is 0.174. The molecule has 2 aromatic heterocycles. The molecule has 4 aromatic rings. The second-order valence-corrected chi connectivity index (χ2v) is 8.81. The third kappa shape index (κ3) is 3.59. The lowest BCUT2D eigenvalue weighted by Crippen LogP contribution is -2.04. The van der Waals surface area contributed by atoms with E-state index in [4.69, 9.17) is 20.2 Å². The fraction of sp³-hybridized carbons (Fsp3) is 0.190. The molecule has 0 spiro atoms. The molecule has 2 aromatic carbocycles. The zero-order chi connectivity index (χ0) is 20.7. The van der Waals surface area contributed by atoms with Gasteiger partial charge in [-0.2, -0.15) is 0 Å². The molecule has 0 bridgehead atoms. The second-order valence-electron chi connectivity index (χ2n) is 6.95. The molecular formula is C21H18BrN5O2S. The second kappa shape index (κ2) is 7.81. The van der Waals surface area contributed by atoms with Gasteiger partial charge in [0.05, 0.1) is 0 Å². The Kier molecular flexibility index (Phi) is 5.00. The van der Waals surface area contributed by atoms with Crippen molar-refractivity contribution in [3.63, 3.8) is 0 Å². The summed E-state index contributed by atoms with van der Waals surface area (Å²) in [6.07, 6.45) is 2.33. The number of benzene rings is 2. The summed E-state index contributed by atoms with van der Waals surface area (Å²) in [5.74, 6) is 1.83. The molecule has 2 N–H and O–H groups in total. The molecule has 7 nitrogen and oxygen atoms in total. The predicted octanol–water partition coefficient (Wildman–Crippen LogP) is 4.60. The lowest BCUT2D eigenvalue weighted by atomic mass is 10.1. The Hall–Kier alpha value is -2.78. The standard InChI is InChI=1S/C21H18BrN5O2S/c1-12-2-4-13(5-3-12)6-7-27-20-18(19(23)24-10-25-20)26-21(27)30-17-9-16-15(8-14(17)22)28-11-29-16/h2-5,8-10H,6-7,11H2,1H3,(H2,23,24,25). The van der Waals surface area contributed by atoms with E-state index in [9.17, 15) is 0 Å². The first-order valence-corrected chi connectivity index (χ1v) is 11.0. The molecule has 1 aliphatic heterocycles. The zero-order valence-corrected chi connectivity index (χ0v) is 18.5. The molecule has 5 rings (SSSR count). The van der Waals surface area contributed by atoms with Crippen LogP contribution in [0.2, 0.25) is 0 Å². The molecule has 3 heterocycles. The fourth-order valence-corrected chi connectivity index (χ4v) is 4.79. The van der Waals surface area contributed by atoms with Gasteiger partial charge in [0.15, 0.2) is 33.6 Å². The van der Waals surface area contributed by atoms with Gasteiger partial charge in [0.1, 0.15) is 6.33 Å². The van der Waals surface area contributed by atoms with Crippen LogP contribution in [-0.2, 0) is 13.0 Å². The van der Waals surface area contributed by atoms with Gasteiger partial charge in [0.2, 0.25) is 6.79 Å². The summed E-state index contributed by atoms with van der Waals surface area (Å²) in [5.41, 5.74) is 9.92. The Morgan fingerprint density at radius 3 is 2.70 bits per heavy atom.